The summed E-state index contributed by atoms with van der Waals surface area (Å²) in [6.45, 7) is 12.1. The van der Waals surface area contributed by atoms with E-state index in [4.69, 9.17) is 17.0 Å². The minimum Gasteiger partial charge on any atom is -0.497 e. The number of carbonyl (C=O) groups is 1. The second kappa shape index (κ2) is 10.3. The maximum absolute atomic E-state index is 12.5. The molecule has 0 fully saturated rings. The standard InChI is InChI=1S/C26H34N4O2S/c1-17-15-20(26(3,4)5)16-18(2)22(17)11-13-27-23(31)12-14-30-24(28-29-25(30)33)19-7-9-21(32-6)10-8-19/h7-10,15-16H,11-14H2,1-6H3,(H,27,31)(H,29,33). The van der Waals surface area contributed by atoms with E-state index in [-0.39, 0.29) is 11.3 Å². The van der Waals surface area contributed by atoms with Crippen molar-refractivity contribution in [3.8, 4) is 17.1 Å². The van der Waals surface area contributed by atoms with Gasteiger partial charge in [-0.05, 0) is 84.4 Å². The molecular formula is C26H34N4O2S. The molecule has 0 atom stereocenters. The van der Waals surface area contributed by atoms with Crippen LogP contribution in [-0.4, -0.2) is 34.3 Å². The Hall–Kier alpha value is -2.93. The van der Waals surface area contributed by atoms with Crippen LogP contribution in [0, 0.1) is 18.6 Å². The van der Waals surface area contributed by atoms with Gasteiger partial charge in [0.15, 0.2) is 10.6 Å². The van der Waals surface area contributed by atoms with E-state index in [1.54, 1.807) is 7.11 Å². The van der Waals surface area contributed by atoms with E-state index in [2.05, 4.69) is 62.3 Å². The number of rotatable bonds is 8. The highest BCUT2D eigenvalue weighted by Crippen LogP contribution is 2.27. The van der Waals surface area contributed by atoms with Crippen molar-refractivity contribution in [2.75, 3.05) is 13.7 Å². The molecule has 0 aliphatic rings. The Bertz CT molecular complexity index is 1150. The molecule has 1 amide bonds. The summed E-state index contributed by atoms with van der Waals surface area (Å²) in [5, 5.41) is 10.2. The summed E-state index contributed by atoms with van der Waals surface area (Å²) in [4.78, 5) is 12.5. The number of hydrogen-bond donors (Lipinski definition) is 2. The molecule has 3 rings (SSSR count). The molecule has 176 valence electrons. The Kier molecular flexibility index (Phi) is 7.74. The van der Waals surface area contributed by atoms with Crippen LogP contribution in [0.5, 0.6) is 5.75 Å². The van der Waals surface area contributed by atoms with Gasteiger partial charge in [0.2, 0.25) is 5.91 Å². The molecule has 1 heterocycles. The number of carbonyl (C=O) groups excluding carboxylic acids is 1. The van der Waals surface area contributed by atoms with Crippen LogP contribution in [0.15, 0.2) is 36.4 Å². The Balaban J connectivity index is 1.58. The number of aromatic amines is 1. The Morgan fingerprint density at radius 2 is 1.79 bits per heavy atom. The summed E-state index contributed by atoms with van der Waals surface area (Å²) in [5.41, 5.74) is 6.25. The molecule has 1 aromatic heterocycles. The number of nitrogens with one attached hydrogen (secondary N) is 2. The normalized spacial score (nSPS) is 11.5. The zero-order valence-corrected chi connectivity index (χ0v) is 21.2. The van der Waals surface area contributed by atoms with Gasteiger partial charge >= 0.3 is 0 Å². The van der Waals surface area contributed by atoms with Crippen LogP contribution in [0.1, 0.15) is 49.4 Å². The number of ether oxygens (including phenoxy) is 1. The lowest BCUT2D eigenvalue weighted by molar-refractivity contribution is -0.121. The van der Waals surface area contributed by atoms with Crippen LogP contribution in [0.25, 0.3) is 11.4 Å². The van der Waals surface area contributed by atoms with E-state index in [1.165, 1.54) is 22.3 Å². The molecule has 0 aliphatic carbocycles. The van der Waals surface area contributed by atoms with Gasteiger partial charge in [0.05, 0.1) is 7.11 Å². The van der Waals surface area contributed by atoms with Crippen molar-refractivity contribution < 1.29 is 9.53 Å². The number of H-pyrrole nitrogens is 1. The molecule has 0 saturated heterocycles. The van der Waals surface area contributed by atoms with Crippen LogP contribution < -0.4 is 10.1 Å². The second-order valence-electron chi connectivity index (χ2n) is 9.42. The zero-order valence-electron chi connectivity index (χ0n) is 20.4. The number of methoxy groups -OCH3 is 1. The molecule has 0 bridgehead atoms. The highest BCUT2D eigenvalue weighted by molar-refractivity contribution is 7.71. The number of hydrogen-bond acceptors (Lipinski definition) is 4. The summed E-state index contributed by atoms with van der Waals surface area (Å²) in [5.74, 6) is 1.48. The van der Waals surface area contributed by atoms with Gasteiger partial charge in [0, 0.05) is 25.1 Å². The molecule has 0 spiro atoms. The quantitative estimate of drug-likeness (QED) is 0.443. The van der Waals surface area contributed by atoms with Gasteiger partial charge in [-0.1, -0.05) is 32.9 Å². The van der Waals surface area contributed by atoms with Crippen molar-refractivity contribution in [3.63, 3.8) is 0 Å². The van der Waals surface area contributed by atoms with Crippen molar-refractivity contribution in [1.82, 2.24) is 20.1 Å². The van der Waals surface area contributed by atoms with Crippen LogP contribution in [0.4, 0.5) is 0 Å². The van der Waals surface area contributed by atoms with Gasteiger partial charge in [-0.3, -0.25) is 14.5 Å². The number of nitrogens with zero attached hydrogens (tertiary/aromatic N) is 2. The van der Waals surface area contributed by atoms with Crippen molar-refractivity contribution in [2.24, 2.45) is 0 Å². The van der Waals surface area contributed by atoms with Gasteiger partial charge in [-0.15, -0.1) is 0 Å². The average Bonchev–Trinajstić information content (AvgIpc) is 3.13. The predicted molar refractivity (Wildman–Crippen MR) is 135 cm³/mol. The Labute approximate surface area is 201 Å². The molecule has 2 N–H and O–H groups in total. The Morgan fingerprint density at radius 3 is 2.36 bits per heavy atom. The molecule has 0 saturated carbocycles. The molecule has 6 nitrogen and oxygen atoms in total. The van der Waals surface area contributed by atoms with E-state index in [0.29, 0.717) is 30.1 Å². The average molecular weight is 467 g/mol. The molecule has 2 aromatic carbocycles. The first kappa shape index (κ1) is 24.7. The topological polar surface area (TPSA) is 71.9 Å². The van der Waals surface area contributed by atoms with Crippen LogP contribution in [0.2, 0.25) is 0 Å². The molecule has 33 heavy (non-hydrogen) atoms. The highest BCUT2D eigenvalue weighted by Gasteiger charge is 2.16. The maximum atomic E-state index is 12.5. The van der Waals surface area contributed by atoms with E-state index >= 15 is 0 Å². The first-order valence-corrected chi connectivity index (χ1v) is 11.7. The van der Waals surface area contributed by atoms with Crippen molar-refractivity contribution in [3.05, 3.63) is 63.4 Å². The third-order valence-corrected chi connectivity index (χ3v) is 6.24. The summed E-state index contributed by atoms with van der Waals surface area (Å²) < 4.78 is 7.57. The number of benzene rings is 2. The number of aryl methyl sites for hydroxylation is 2. The molecule has 7 heteroatoms. The molecular weight excluding hydrogens is 432 g/mol. The van der Waals surface area contributed by atoms with Crippen LogP contribution >= 0.6 is 12.2 Å². The predicted octanol–water partition coefficient (Wildman–Crippen LogP) is 5.28. The lowest BCUT2D eigenvalue weighted by Gasteiger charge is -2.22. The minimum absolute atomic E-state index is 0.000369. The fourth-order valence-corrected chi connectivity index (χ4v) is 4.16. The smallest absolute Gasteiger partial charge is 0.221 e. The molecule has 3 aromatic rings. The highest BCUT2D eigenvalue weighted by atomic mass is 32.1. The molecule has 0 radical (unpaired) electrons. The van der Waals surface area contributed by atoms with Crippen molar-refractivity contribution in [2.45, 2.75) is 59.4 Å². The SMILES string of the molecule is COc1ccc(-c2n[nH]c(=S)n2CCC(=O)NCCc2c(C)cc(C(C)(C)C)cc2C)cc1. The minimum atomic E-state index is 0.000369. The van der Waals surface area contributed by atoms with E-state index in [9.17, 15) is 4.79 Å². The van der Waals surface area contributed by atoms with Crippen LogP contribution in [-0.2, 0) is 23.2 Å². The molecule has 0 unspecified atom stereocenters. The monoisotopic (exact) mass is 466 g/mol. The lowest BCUT2D eigenvalue weighted by atomic mass is 9.83. The summed E-state index contributed by atoms with van der Waals surface area (Å²) in [6, 6.07) is 12.1. The van der Waals surface area contributed by atoms with Crippen molar-refractivity contribution >= 4 is 18.1 Å². The lowest BCUT2D eigenvalue weighted by Crippen LogP contribution is -2.27. The Morgan fingerprint density at radius 1 is 1.15 bits per heavy atom. The third kappa shape index (κ3) is 6.11. The summed E-state index contributed by atoms with van der Waals surface area (Å²) in [6.07, 6.45) is 1.15. The fraction of sp³-hybridized carbons (Fsp3) is 0.423. The largest absolute Gasteiger partial charge is 0.497 e. The van der Waals surface area contributed by atoms with Crippen molar-refractivity contribution in [1.29, 1.82) is 0 Å². The first-order chi connectivity index (χ1) is 15.6. The first-order valence-electron chi connectivity index (χ1n) is 11.3. The van der Waals surface area contributed by atoms with Gasteiger partial charge in [-0.2, -0.15) is 5.10 Å². The van der Waals surface area contributed by atoms with E-state index in [1.807, 2.05) is 28.8 Å². The maximum Gasteiger partial charge on any atom is 0.221 e. The summed E-state index contributed by atoms with van der Waals surface area (Å²) >= 11 is 5.38. The number of aromatic nitrogens is 3. The number of amides is 1. The second-order valence-corrected chi connectivity index (χ2v) is 9.81. The zero-order chi connectivity index (χ0) is 24.2. The third-order valence-electron chi connectivity index (χ3n) is 5.93. The van der Waals surface area contributed by atoms with Gasteiger partial charge in [0.1, 0.15) is 5.75 Å². The van der Waals surface area contributed by atoms with E-state index < -0.39 is 0 Å². The fourth-order valence-electron chi connectivity index (χ4n) is 3.94. The summed E-state index contributed by atoms with van der Waals surface area (Å²) in [7, 11) is 1.63. The van der Waals surface area contributed by atoms with E-state index in [0.717, 1.165) is 17.7 Å². The molecule has 0 aliphatic heterocycles. The van der Waals surface area contributed by atoms with Gasteiger partial charge in [-0.25, -0.2) is 0 Å². The van der Waals surface area contributed by atoms with Gasteiger partial charge < -0.3 is 10.1 Å². The van der Waals surface area contributed by atoms with Crippen LogP contribution in [0.3, 0.4) is 0 Å². The van der Waals surface area contributed by atoms with Gasteiger partial charge in [0.25, 0.3) is 0 Å².